The third-order valence-electron chi connectivity index (χ3n) is 2.57. The number of ether oxygens (including phenoxy) is 2. The van der Waals surface area contributed by atoms with E-state index < -0.39 is 11.3 Å². The van der Waals surface area contributed by atoms with Gasteiger partial charge in [-0.05, 0) is 12.1 Å². The van der Waals surface area contributed by atoms with Crippen LogP contribution in [0.4, 0.5) is 5.69 Å². The summed E-state index contributed by atoms with van der Waals surface area (Å²) in [6, 6.07) is 7.91. The van der Waals surface area contributed by atoms with E-state index in [4.69, 9.17) is 13.9 Å². The van der Waals surface area contributed by atoms with Crippen molar-refractivity contribution in [1.82, 2.24) is 0 Å². The van der Waals surface area contributed by atoms with Gasteiger partial charge in [0.25, 0.3) is 5.91 Å². The maximum atomic E-state index is 11.9. The number of rotatable bonds is 4. The smallest absolute Gasteiger partial charge is 0.291 e. The molecule has 1 N–H and O–H groups in total. The fourth-order valence-corrected chi connectivity index (χ4v) is 1.56. The lowest BCUT2D eigenvalue weighted by molar-refractivity contribution is 0.0993. The second-order valence-corrected chi connectivity index (χ2v) is 3.86. The number of benzene rings is 1. The summed E-state index contributed by atoms with van der Waals surface area (Å²) in [5, 5.41) is 2.61. The van der Waals surface area contributed by atoms with Crippen LogP contribution in [-0.2, 0) is 0 Å². The first-order valence-electron chi connectivity index (χ1n) is 5.76. The topological polar surface area (TPSA) is 77.8 Å². The van der Waals surface area contributed by atoms with Crippen molar-refractivity contribution in [2.75, 3.05) is 19.5 Å². The molecule has 0 spiro atoms. The molecule has 0 unspecified atom stereocenters. The number of amides is 1. The van der Waals surface area contributed by atoms with Crippen molar-refractivity contribution in [2.45, 2.75) is 0 Å². The third kappa shape index (κ3) is 2.97. The van der Waals surface area contributed by atoms with Crippen LogP contribution in [-0.4, -0.2) is 20.1 Å². The molecule has 20 heavy (non-hydrogen) atoms. The lowest BCUT2D eigenvalue weighted by Gasteiger charge is -2.06. The SMILES string of the molecule is COc1cccc(NC(=O)c2cc(=O)c(OC)co2)c1. The van der Waals surface area contributed by atoms with Crippen molar-refractivity contribution in [1.29, 1.82) is 0 Å². The van der Waals surface area contributed by atoms with Crippen LogP contribution in [0.25, 0.3) is 0 Å². The first-order valence-corrected chi connectivity index (χ1v) is 5.76. The van der Waals surface area contributed by atoms with Gasteiger partial charge in [-0.25, -0.2) is 0 Å². The van der Waals surface area contributed by atoms with Gasteiger partial charge in [0.2, 0.25) is 11.2 Å². The molecule has 6 heteroatoms. The lowest BCUT2D eigenvalue weighted by atomic mass is 10.3. The number of hydrogen-bond donors (Lipinski definition) is 1. The highest BCUT2D eigenvalue weighted by atomic mass is 16.5. The molecule has 1 amide bonds. The maximum Gasteiger partial charge on any atom is 0.291 e. The summed E-state index contributed by atoms with van der Waals surface area (Å²) in [4.78, 5) is 23.5. The quantitative estimate of drug-likeness (QED) is 0.922. The highest BCUT2D eigenvalue weighted by molar-refractivity contribution is 6.02. The summed E-state index contributed by atoms with van der Waals surface area (Å²) < 4.78 is 14.9. The summed E-state index contributed by atoms with van der Waals surface area (Å²) in [7, 11) is 2.88. The average Bonchev–Trinajstić information content (AvgIpc) is 2.47. The average molecular weight is 275 g/mol. The van der Waals surface area contributed by atoms with Crippen molar-refractivity contribution < 1.29 is 18.7 Å². The van der Waals surface area contributed by atoms with Crippen LogP contribution in [0.2, 0.25) is 0 Å². The Bertz CT molecular complexity index is 677. The molecule has 0 bridgehead atoms. The van der Waals surface area contributed by atoms with Gasteiger partial charge in [-0.1, -0.05) is 6.07 Å². The highest BCUT2D eigenvalue weighted by Gasteiger charge is 2.12. The molecule has 0 saturated carbocycles. The molecule has 1 aromatic carbocycles. The molecule has 0 fully saturated rings. The van der Waals surface area contributed by atoms with E-state index >= 15 is 0 Å². The number of hydrogen-bond acceptors (Lipinski definition) is 5. The third-order valence-corrected chi connectivity index (χ3v) is 2.57. The molecule has 0 aliphatic rings. The lowest BCUT2D eigenvalue weighted by Crippen LogP contribution is -2.15. The molecular formula is C14H13NO5. The van der Waals surface area contributed by atoms with E-state index in [1.807, 2.05) is 0 Å². The Morgan fingerprint density at radius 3 is 2.65 bits per heavy atom. The Morgan fingerprint density at radius 2 is 2.00 bits per heavy atom. The minimum absolute atomic E-state index is 0.0444. The van der Waals surface area contributed by atoms with Gasteiger partial charge >= 0.3 is 0 Å². The largest absolute Gasteiger partial charge is 0.497 e. The van der Waals surface area contributed by atoms with Crippen LogP contribution >= 0.6 is 0 Å². The molecule has 104 valence electrons. The zero-order valence-electron chi connectivity index (χ0n) is 11.0. The second kappa shape index (κ2) is 5.92. The van der Waals surface area contributed by atoms with Gasteiger partial charge in [0.05, 0.1) is 14.2 Å². The molecule has 1 aromatic heterocycles. The molecule has 0 radical (unpaired) electrons. The first-order chi connectivity index (χ1) is 9.63. The van der Waals surface area contributed by atoms with E-state index in [0.717, 1.165) is 12.3 Å². The number of nitrogens with one attached hydrogen (secondary N) is 1. The summed E-state index contributed by atoms with van der Waals surface area (Å²) in [5.74, 6) is 0.0264. The van der Waals surface area contributed by atoms with Crippen LogP contribution in [0, 0.1) is 0 Å². The van der Waals surface area contributed by atoms with E-state index in [9.17, 15) is 9.59 Å². The van der Waals surface area contributed by atoms with Gasteiger partial charge in [-0.15, -0.1) is 0 Å². The molecule has 0 aliphatic heterocycles. The number of methoxy groups -OCH3 is 2. The van der Waals surface area contributed by atoms with Crippen LogP contribution in [0.5, 0.6) is 11.5 Å². The fraction of sp³-hybridized carbons (Fsp3) is 0.143. The fourth-order valence-electron chi connectivity index (χ4n) is 1.56. The normalized spacial score (nSPS) is 9.90. The first kappa shape index (κ1) is 13.7. The summed E-state index contributed by atoms with van der Waals surface area (Å²) >= 11 is 0. The molecule has 0 atom stereocenters. The molecule has 0 aliphatic carbocycles. The van der Waals surface area contributed by atoms with Gasteiger partial charge < -0.3 is 19.2 Å². The number of anilines is 1. The minimum Gasteiger partial charge on any atom is -0.497 e. The summed E-state index contributed by atoms with van der Waals surface area (Å²) in [6.07, 6.45) is 1.10. The second-order valence-electron chi connectivity index (χ2n) is 3.86. The van der Waals surface area contributed by atoms with Crippen molar-refractivity contribution >= 4 is 11.6 Å². The van der Waals surface area contributed by atoms with Crippen molar-refractivity contribution in [3.8, 4) is 11.5 Å². The highest BCUT2D eigenvalue weighted by Crippen LogP contribution is 2.17. The Hall–Kier alpha value is -2.76. The monoisotopic (exact) mass is 275 g/mol. The van der Waals surface area contributed by atoms with Gasteiger partial charge in [0.15, 0.2) is 5.76 Å². The number of carbonyl (C=O) groups excluding carboxylic acids is 1. The van der Waals surface area contributed by atoms with Crippen LogP contribution in [0.15, 0.2) is 45.8 Å². The van der Waals surface area contributed by atoms with Crippen LogP contribution in [0.1, 0.15) is 10.6 Å². The Morgan fingerprint density at radius 1 is 1.20 bits per heavy atom. The van der Waals surface area contributed by atoms with Crippen LogP contribution in [0.3, 0.4) is 0 Å². The van der Waals surface area contributed by atoms with Crippen LogP contribution < -0.4 is 20.2 Å². The minimum atomic E-state index is -0.530. The summed E-state index contributed by atoms with van der Waals surface area (Å²) in [6.45, 7) is 0. The molecule has 1 heterocycles. The predicted molar refractivity (Wildman–Crippen MR) is 72.5 cm³/mol. The maximum absolute atomic E-state index is 11.9. The molecule has 2 aromatic rings. The van der Waals surface area contributed by atoms with Crippen molar-refractivity contribution in [2.24, 2.45) is 0 Å². The van der Waals surface area contributed by atoms with E-state index in [1.54, 1.807) is 24.3 Å². The molecule has 0 saturated heterocycles. The van der Waals surface area contributed by atoms with Gasteiger partial charge in [0, 0.05) is 17.8 Å². The predicted octanol–water partition coefficient (Wildman–Crippen LogP) is 1.91. The Labute approximate surface area is 114 Å². The molecule has 2 rings (SSSR count). The number of carbonyl (C=O) groups is 1. The molecule has 6 nitrogen and oxygen atoms in total. The van der Waals surface area contributed by atoms with Gasteiger partial charge in [-0.2, -0.15) is 0 Å². The molecular weight excluding hydrogens is 262 g/mol. The van der Waals surface area contributed by atoms with Crippen molar-refractivity contribution in [3.05, 3.63) is 52.6 Å². The Kier molecular flexibility index (Phi) is 4.05. The summed E-state index contributed by atoms with van der Waals surface area (Å²) in [5.41, 5.74) is 0.113. The van der Waals surface area contributed by atoms with E-state index in [1.165, 1.54) is 14.2 Å². The van der Waals surface area contributed by atoms with E-state index in [-0.39, 0.29) is 11.5 Å². The van der Waals surface area contributed by atoms with Crippen molar-refractivity contribution in [3.63, 3.8) is 0 Å². The Balaban J connectivity index is 2.19. The zero-order chi connectivity index (χ0) is 14.5. The van der Waals surface area contributed by atoms with E-state index in [2.05, 4.69) is 5.32 Å². The zero-order valence-corrected chi connectivity index (χ0v) is 11.0. The standard InChI is InChI=1S/C14H13NO5/c1-18-10-5-3-4-9(6-10)15-14(17)12-7-11(16)13(19-2)8-20-12/h3-8H,1-2H3,(H,15,17). The van der Waals surface area contributed by atoms with Gasteiger partial charge in [0.1, 0.15) is 12.0 Å². The van der Waals surface area contributed by atoms with Gasteiger partial charge in [-0.3, -0.25) is 9.59 Å². The van der Waals surface area contributed by atoms with E-state index in [0.29, 0.717) is 11.4 Å².